The summed E-state index contributed by atoms with van der Waals surface area (Å²) in [6.07, 6.45) is -4.70. The molecule has 1 amide bonds. The van der Waals surface area contributed by atoms with Crippen LogP contribution in [0.4, 0.5) is 24.5 Å². The van der Waals surface area contributed by atoms with Crippen molar-refractivity contribution in [3.8, 4) is 11.5 Å². The van der Waals surface area contributed by atoms with Crippen LogP contribution in [-0.4, -0.2) is 20.6 Å². The highest BCUT2D eigenvalue weighted by Crippen LogP contribution is 2.35. The molecule has 0 fully saturated rings. The Morgan fingerprint density at radius 2 is 1.94 bits per heavy atom. The van der Waals surface area contributed by atoms with Gasteiger partial charge in [-0.05, 0) is 53.5 Å². The van der Waals surface area contributed by atoms with Gasteiger partial charge in [-0.1, -0.05) is 11.6 Å². The zero-order valence-electron chi connectivity index (χ0n) is 17.0. The summed E-state index contributed by atoms with van der Waals surface area (Å²) in [4.78, 5) is 23.1. The van der Waals surface area contributed by atoms with E-state index in [1.807, 2.05) is 0 Å². The monoisotopic (exact) mass is 546 g/mol. The standard InChI is InChI=1S/C20H15BrClF3N4O4/c1-10-5-14(3-4-16(10)22)33-15-7-12(6-13(8-15)29(31)32)26-17(30)9-28-11(2)18(21)19(27-28)20(23,24)25/h3-8H,9H2,1-2H3,(H,26,30). The number of aryl methyl sites for hydroxylation is 1. The van der Waals surface area contributed by atoms with Gasteiger partial charge in [0.2, 0.25) is 5.91 Å². The molecule has 0 spiro atoms. The van der Waals surface area contributed by atoms with Crippen LogP contribution in [0.25, 0.3) is 0 Å². The number of carbonyl (C=O) groups excluding carboxylic acids is 1. The SMILES string of the molecule is Cc1cc(Oc2cc(NC(=O)Cn3nc(C(F)(F)F)c(Br)c3C)cc([N+](=O)[O-])c2)ccc1Cl. The van der Waals surface area contributed by atoms with Gasteiger partial charge in [0.05, 0.1) is 26.8 Å². The number of nitro benzene ring substituents is 1. The molecule has 0 saturated heterocycles. The van der Waals surface area contributed by atoms with Crippen molar-refractivity contribution in [1.29, 1.82) is 0 Å². The number of benzene rings is 2. The number of non-ortho nitro benzene ring substituents is 1. The molecule has 174 valence electrons. The highest BCUT2D eigenvalue weighted by Gasteiger charge is 2.38. The summed E-state index contributed by atoms with van der Waals surface area (Å²) in [7, 11) is 0. The highest BCUT2D eigenvalue weighted by atomic mass is 79.9. The van der Waals surface area contributed by atoms with Crippen LogP contribution < -0.4 is 10.1 Å². The lowest BCUT2D eigenvalue weighted by atomic mass is 10.2. The van der Waals surface area contributed by atoms with Crippen molar-refractivity contribution in [2.24, 2.45) is 0 Å². The Balaban J connectivity index is 1.83. The molecule has 0 aliphatic rings. The molecule has 13 heteroatoms. The topological polar surface area (TPSA) is 99.3 Å². The largest absolute Gasteiger partial charge is 0.457 e. The van der Waals surface area contributed by atoms with Crippen LogP contribution in [0, 0.1) is 24.0 Å². The third-order valence-electron chi connectivity index (χ3n) is 4.45. The first-order valence-corrected chi connectivity index (χ1v) is 10.4. The first-order chi connectivity index (χ1) is 15.3. The van der Waals surface area contributed by atoms with Gasteiger partial charge in [0.25, 0.3) is 5.69 Å². The number of aromatic nitrogens is 2. The summed E-state index contributed by atoms with van der Waals surface area (Å²) >= 11 is 8.82. The lowest BCUT2D eigenvalue weighted by molar-refractivity contribution is -0.384. The van der Waals surface area contributed by atoms with Crippen LogP contribution >= 0.6 is 27.5 Å². The highest BCUT2D eigenvalue weighted by molar-refractivity contribution is 9.10. The van der Waals surface area contributed by atoms with E-state index in [2.05, 4.69) is 26.3 Å². The summed E-state index contributed by atoms with van der Waals surface area (Å²) in [5.74, 6) is -0.305. The second kappa shape index (κ2) is 9.40. The molecule has 1 aromatic heterocycles. The molecule has 2 aromatic carbocycles. The number of ether oxygens (including phenoxy) is 1. The van der Waals surface area contributed by atoms with Gasteiger partial charge in [0.1, 0.15) is 18.0 Å². The minimum absolute atomic E-state index is 0.0230. The van der Waals surface area contributed by atoms with E-state index in [-0.39, 0.29) is 27.3 Å². The van der Waals surface area contributed by atoms with E-state index in [1.165, 1.54) is 19.1 Å². The van der Waals surface area contributed by atoms with E-state index < -0.39 is 29.2 Å². The fraction of sp³-hybridized carbons (Fsp3) is 0.200. The summed E-state index contributed by atoms with van der Waals surface area (Å²) in [6, 6.07) is 8.43. The van der Waals surface area contributed by atoms with E-state index in [9.17, 15) is 28.1 Å². The van der Waals surface area contributed by atoms with Crippen LogP contribution in [0.5, 0.6) is 11.5 Å². The summed E-state index contributed by atoms with van der Waals surface area (Å²) in [5.41, 5.74) is -0.663. The number of amides is 1. The second-order valence-electron chi connectivity index (χ2n) is 6.94. The molecule has 8 nitrogen and oxygen atoms in total. The van der Waals surface area contributed by atoms with Gasteiger partial charge < -0.3 is 10.1 Å². The first kappa shape index (κ1) is 24.5. The van der Waals surface area contributed by atoms with E-state index in [4.69, 9.17) is 16.3 Å². The van der Waals surface area contributed by atoms with Gasteiger partial charge in [0, 0.05) is 17.2 Å². The van der Waals surface area contributed by atoms with Crippen molar-refractivity contribution < 1.29 is 27.6 Å². The minimum Gasteiger partial charge on any atom is -0.457 e. The fourth-order valence-electron chi connectivity index (χ4n) is 2.83. The lowest BCUT2D eigenvalue weighted by Crippen LogP contribution is -2.21. The number of anilines is 1. The van der Waals surface area contributed by atoms with Crippen molar-refractivity contribution in [2.75, 3.05) is 5.32 Å². The van der Waals surface area contributed by atoms with Crippen molar-refractivity contribution >= 4 is 44.8 Å². The molecule has 0 unspecified atom stereocenters. The zero-order valence-corrected chi connectivity index (χ0v) is 19.4. The van der Waals surface area contributed by atoms with E-state index in [1.54, 1.807) is 25.1 Å². The van der Waals surface area contributed by atoms with E-state index in [0.717, 1.165) is 16.3 Å². The third kappa shape index (κ3) is 5.82. The smallest absolute Gasteiger partial charge is 0.436 e. The van der Waals surface area contributed by atoms with E-state index >= 15 is 0 Å². The fourth-order valence-corrected chi connectivity index (χ4v) is 3.46. The summed E-state index contributed by atoms with van der Waals surface area (Å²) in [6.45, 7) is 2.58. The molecule has 0 radical (unpaired) electrons. The van der Waals surface area contributed by atoms with Gasteiger partial charge in [-0.25, -0.2) is 0 Å². The van der Waals surface area contributed by atoms with Gasteiger partial charge in [-0.2, -0.15) is 18.3 Å². The zero-order chi connectivity index (χ0) is 24.5. The number of nitro groups is 1. The average Bonchev–Trinajstić information content (AvgIpc) is 2.99. The van der Waals surface area contributed by atoms with Crippen molar-refractivity contribution in [3.63, 3.8) is 0 Å². The second-order valence-corrected chi connectivity index (χ2v) is 8.14. The quantitative estimate of drug-likeness (QED) is 0.289. The van der Waals surface area contributed by atoms with Crippen molar-refractivity contribution in [3.05, 3.63) is 73.0 Å². The first-order valence-electron chi connectivity index (χ1n) is 9.18. The molecule has 0 aliphatic carbocycles. The van der Waals surface area contributed by atoms with Crippen LogP contribution in [0.15, 0.2) is 40.9 Å². The normalized spacial score (nSPS) is 11.4. The molecular formula is C20H15BrClF3N4O4. The predicted molar refractivity (Wildman–Crippen MR) is 118 cm³/mol. The number of hydrogen-bond donors (Lipinski definition) is 1. The molecule has 3 aromatic rings. The molecule has 0 bridgehead atoms. The maximum absolute atomic E-state index is 13.0. The van der Waals surface area contributed by atoms with Crippen LogP contribution in [-0.2, 0) is 17.5 Å². The van der Waals surface area contributed by atoms with Gasteiger partial charge in [0.15, 0.2) is 5.69 Å². The Labute approximate surface area is 198 Å². The number of nitrogens with one attached hydrogen (secondary N) is 1. The number of carbonyl (C=O) groups is 1. The summed E-state index contributed by atoms with van der Waals surface area (Å²) < 4.78 is 45.3. The minimum atomic E-state index is -4.70. The van der Waals surface area contributed by atoms with Crippen LogP contribution in [0.2, 0.25) is 5.02 Å². The van der Waals surface area contributed by atoms with E-state index in [0.29, 0.717) is 10.8 Å². The molecule has 0 aliphatic heterocycles. The lowest BCUT2D eigenvalue weighted by Gasteiger charge is -2.11. The molecule has 0 atom stereocenters. The molecule has 1 N–H and O–H groups in total. The number of alkyl halides is 3. The van der Waals surface area contributed by atoms with Crippen molar-refractivity contribution in [2.45, 2.75) is 26.6 Å². The Bertz CT molecular complexity index is 1250. The number of hydrogen-bond acceptors (Lipinski definition) is 5. The van der Waals surface area contributed by atoms with Gasteiger partial charge in [-0.15, -0.1) is 0 Å². The average molecular weight is 548 g/mol. The van der Waals surface area contributed by atoms with Crippen LogP contribution in [0.1, 0.15) is 17.0 Å². The number of rotatable bonds is 6. The Morgan fingerprint density at radius 3 is 2.52 bits per heavy atom. The van der Waals surface area contributed by atoms with Crippen molar-refractivity contribution in [1.82, 2.24) is 9.78 Å². The molecule has 3 rings (SSSR count). The van der Waals surface area contributed by atoms with Crippen LogP contribution in [0.3, 0.4) is 0 Å². The molecular weight excluding hydrogens is 533 g/mol. The van der Waals surface area contributed by atoms with Gasteiger partial charge in [-0.3, -0.25) is 19.6 Å². The Kier molecular flexibility index (Phi) is 6.98. The third-order valence-corrected chi connectivity index (χ3v) is 5.82. The predicted octanol–water partition coefficient (Wildman–Crippen LogP) is 6.27. The maximum atomic E-state index is 13.0. The Hall–Kier alpha value is -3.12. The van der Waals surface area contributed by atoms with Gasteiger partial charge >= 0.3 is 6.18 Å². The molecule has 0 saturated carbocycles. The summed E-state index contributed by atoms with van der Waals surface area (Å²) in [5, 5.41) is 17.7. The molecule has 1 heterocycles. The number of halogens is 5. The Morgan fingerprint density at radius 1 is 1.24 bits per heavy atom. The maximum Gasteiger partial charge on any atom is 0.436 e. The number of nitrogens with zero attached hydrogens (tertiary/aromatic N) is 3. The molecule has 33 heavy (non-hydrogen) atoms.